The van der Waals surface area contributed by atoms with Gasteiger partial charge < -0.3 is 10.6 Å². The molecule has 10 rings (SSSR count). The van der Waals surface area contributed by atoms with Gasteiger partial charge in [0.2, 0.25) is 11.8 Å². The van der Waals surface area contributed by atoms with Crippen LogP contribution in [-0.2, 0) is 9.59 Å². The molecule has 2 fully saturated rings. The van der Waals surface area contributed by atoms with Crippen LogP contribution >= 0.6 is 61.3 Å². The van der Waals surface area contributed by atoms with Crippen molar-refractivity contribution in [3.05, 3.63) is 92.8 Å². The standard InChI is InChI=1S/C19H14FN3OS2.C12H11FN2OS.C8H6BrNS.2CH4/c1-9-2-4-14-17(25-8-21-14)16(9)10-3-5-13-15(6-10)26-19(22-13)23-18(24)11-7-12(11)20;1-6-2-3-9-10(4-6)17-12(14-9)15-11(16)7-5-8(7)13;1-5-2-3-6-8(7(5)9)11-4-10-6;;/h2-6,8,11-12H,7H2,1H3,(H,22,23,24);2-4,7-8H,5H2,1H3,(H,14,15,16);2-4H,1H3;2*1H4/t11-,12+;7-,8+;;;/m11.../s1. The fourth-order valence-corrected chi connectivity index (χ4v) is 10.0. The van der Waals surface area contributed by atoms with E-state index in [1.807, 2.05) is 60.4 Å². The van der Waals surface area contributed by atoms with Gasteiger partial charge in [0.25, 0.3) is 0 Å². The molecule has 2 aliphatic rings. The van der Waals surface area contributed by atoms with E-state index in [0.717, 1.165) is 42.6 Å². The molecule has 2 amide bonds. The van der Waals surface area contributed by atoms with Crippen LogP contribution in [0.3, 0.4) is 0 Å². The smallest absolute Gasteiger partial charge is 0.232 e. The maximum absolute atomic E-state index is 13.0. The summed E-state index contributed by atoms with van der Waals surface area (Å²) in [5, 5.41) is 6.48. The monoisotopic (exact) mass is 892 g/mol. The number of nitrogens with one attached hydrogen (secondary N) is 2. The van der Waals surface area contributed by atoms with Gasteiger partial charge in [0, 0.05) is 10.0 Å². The van der Waals surface area contributed by atoms with Crippen molar-refractivity contribution < 1.29 is 18.4 Å². The summed E-state index contributed by atoms with van der Waals surface area (Å²) in [5.74, 6) is -1.51. The lowest BCUT2D eigenvalue weighted by atomic mass is 10.00. The minimum atomic E-state index is -1.00. The van der Waals surface area contributed by atoms with Crippen molar-refractivity contribution in [3.8, 4) is 11.1 Å². The number of hydrogen-bond donors (Lipinski definition) is 2. The third-order valence-corrected chi connectivity index (χ3v) is 14.0. The Balaban J connectivity index is 0.000000153. The highest BCUT2D eigenvalue weighted by molar-refractivity contribution is 9.10. The topological polar surface area (TPSA) is 110 Å². The van der Waals surface area contributed by atoms with Crippen molar-refractivity contribution in [2.24, 2.45) is 11.8 Å². The molecule has 0 radical (unpaired) electrons. The lowest BCUT2D eigenvalue weighted by Gasteiger charge is -2.07. The number of halogens is 3. The summed E-state index contributed by atoms with van der Waals surface area (Å²) in [4.78, 5) is 40.8. The van der Waals surface area contributed by atoms with Gasteiger partial charge in [0.15, 0.2) is 10.3 Å². The molecule has 4 aromatic heterocycles. The van der Waals surface area contributed by atoms with E-state index in [4.69, 9.17) is 0 Å². The lowest BCUT2D eigenvalue weighted by Crippen LogP contribution is -2.14. The number of aryl methyl sites for hydroxylation is 3. The first-order valence-corrected chi connectivity index (χ1v) is 21.2. The molecular formula is C41H39BrF2N6O2S4. The fraction of sp³-hybridized carbons (Fsp3) is 0.268. The summed E-state index contributed by atoms with van der Waals surface area (Å²) in [7, 11) is 0. The zero-order valence-corrected chi connectivity index (χ0v) is 33.9. The van der Waals surface area contributed by atoms with Crippen molar-refractivity contribution in [3.63, 3.8) is 0 Å². The molecule has 0 unspecified atom stereocenters. The second-order valence-corrected chi connectivity index (χ2v) is 17.8. The molecule has 2 N–H and O–H groups in total. The van der Waals surface area contributed by atoms with Crippen LogP contribution in [-0.4, -0.2) is 44.1 Å². The van der Waals surface area contributed by atoms with Gasteiger partial charge in [-0.1, -0.05) is 61.8 Å². The van der Waals surface area contributed by atoms with Gasteiger partial charge in [-0.15, -0.1) is 22.7 Å². The molecule has 0 bridgehead atoms. The van der Waals surface area contributed by atoms with Gasteiger partial charge in [-0.3, -0.25) is 9.59 Å². The third-order valence-electron chi connectivity index (χ3n) is 9.12. The predicted molar refractivity (Wildman–Crippen MR) is 236 cm³/mol. The average molecular weight is 894 g/mol. The average Bonchev–Trinajstić information content (AvgIpc) is 3.66. The number of amides is 2. The molecule has 290 valence electrons. The van der Waals surface area contributed by atoms with E-state index >= 15 is 0 Å². The quantitative estimate of drug-likeness (QED) is 0.178. The molecule has 4 heterocycles. The highest BCUT2D eigenvalue weighted by atomic mass is 79.9. The first-order valence-electron chi connectivity index (χ1n) is 17.0. The Morgan fingerprint density at radius 2 is 1.16 bits per heavy atom. The third kappa shape index (κ3) is 8.81. The van der Waals surface area contributed by atoms with Crippen LogP contribution in [0.25, 0.3) is 52.0 Å². The zero-order chi connectivity index (χ0) is 37.7. The van der Waals surface area contributed by atoms with E-state index in [2.05, 4.69) is 78.5 Å². The first-order chi connectivity index (χ1) is 26.0. The van der Waals surface area contributed by atoms with Crippen molar-refractivity contribution in [1.82, 2.24) is 19.9 Å². The molecule has 0 aliphatic heterocycles. The van der Waals surface area contributed by atoms with Crippen LogP contribution in [0.4, 0.5) is 19.0 Å². The van der Waals surface area contributed by atoms with Gasteiger partial charge >= 0.3 is 0 Å². The van der Waals surface area contributed by atoms with E-state index < -0.39 is 24.2 Å². The largest absolute Gasteiger partial charge is 0.302 e. The second-order valence-electron chi connectivity index (χ2n) is 13.2. The summed E-state index contributed by atoms with van der Waals surface area (Å²) in [6.45, 7) is 6.19. The van der Waals surface area contributed by atoms with Crippen LogP contribution in [0, 0.1) is 32.6 Å². The SMILES string of the molecule is C.C.Cc1ccc2nc(NC(=O)[C@@H]3C[C@@H]3F)sc2c1.Cc1ccc2ncsc2c1-c1ccc2nc(NC(=O)[C@@H]3C[C@@H]3F)sc2c1.Cc1ccc2ncsc2c1Br. The molecule has 0 spiro atoms. The Morgan fingerprint density at radius 3 is 1.73 bits per heavy atom. The number of alkyl halides is 2. The molecule has 4 atom stereocenters. The number of carbonyl (C=O) groups excluding carboxylic acids is 2. The van der Waals surface area contributed by atoms with Crippen LogP contribution in [0.5, 0.6) is 0 Å². The number of aromatic nitrogens is 4. The van der Waals surface area contributed by atoms with Crippen molar-refractivity contribution in [1.29, 1.82) is 0 Å². The molecule has 2 aliphatic carbocycles. The van der Waals surface area contributed by atoms with Gasteiger partial charge in [0.1, 0.15) is 12.3 Å². The summed E-state index contributed by atoms with van der Waals surface area (Å²) < 4.78 is 31.4. The number of thiazole rings is 4. The Kier molecular flexibility index (Phi) is 12.6. The van der Waals surface area contributed by atoms with E-state index in [1.54, 1.807) is 22.7 Å². The zero-order valence-electron chi connectivity index (χ0n) is 29.0. The minimum absolute atomic E-state index is 0. The maximum Gasteiger partial charge on any atom is 0.232 e. The van der Waals surface area contributed by atoms with E-state index in [1.165, 1.54) is 53.2 Å². The molecule has 56 heavy (non-hydrogen) atoms. The van der Waals surface area contributed by atoms with Crippen molar-refractivity contribution in [2.75, 3.05) is 10.6 Å². The van der Waals surface area contributed by atoms with Gasteiger partial charge in [-0.25, -0.2) is 28.7 Å². The Bertz CT molecular complexity index is 2710. The number of anilines is 2. The van der Waals surface area contributed by atoms with Crippen LogP contribution in [0.2, 0.25) is 0 Å². The second kappa shape index (κ2) is 17.1. The summed E-state index contributed by atoms with van der Waals surface area (Å²) in [6, 6.07) is 20.3. The fourth-order valence-electron chi connectivity index (χ4n) is 5.87. The van der Waals surface area contributed by atoms with Crippen LogP contribution < -0.4 is 10.6 Å². The van der Waals surface area contributed by atoms with Crippen LogP contribution in [0.15, 0.2) is 76.2 Å². The van der Waals surface area contributed by atoms with E-state index in [9.17, 15) is 18.4 Å². The number of hydrogen-bond acceptors (Lipinski definition) is 10. The molecule has 8 nitrogen and oxygen atoms in total. The minimum Gasteiger partial charge on any atom is -0.302 e. The van der Waals surface area contributed by atoms with Gasteiger partial charge in [-0.2, -0.15) is 0 Å². The van der Waals surface area contributed by atoms with Crippen LogP contribution in [0.1, 0.15) is 44.4 Å². The normalized spacial score (nSPS) is 17.9. The van der Waals surface area contributed by atoms with E-state index in [0.29, 0.717) is 23.1 Å². The molecule has 0 saturated heterocycles. The molecule has 8 aromatic rings. The number of benzene rings is 4. The number of carbonyl (C=O) groups is 2. The van der Waals surface area contributed by atoms with Crippen molar-refractivity contribution in [2.45, 2.75) is 60.8 Å². The Labute approximate surface area is 347 Å². The Morgan fingerprint density at radius 1 is 0.679 bits per heavy atom. The number of rotatable bonds is 5. The molecule has 15 heteroatoms. The highest BCUT2D eigenvalue weighted by Gasteiger charge is 2.44. The maximum atomic E-state index is 13.0. The highest BCUT2D eigenvalue weighted by Crippen LogP contribution is 2.39. The van der Waals surface area contributed by atoms with Gasteiger partial charge in [0.05, 0.1) is 63.7 Å². The van der Waals surface area contributed by atoms with E-state index in [-0.39, 0.29) is 26.7 Å². The molecule has 4 aromatic carbocycles. The lowest BCUT2D eigenvalue weighted by molar-refractivity contribution is -0.118. The van der Waals surface area contributed by atoms with Gasteiger partial charge in [-0.05, 0) is 108 Å². The summed E-state index contributed by atoms with van der Waals surface area (Å²) in [5.41, 5.74) is 13.4. The molecular weight excluding hydrogens is 855 g/mol. The molecule has 2 saturated carbocycles. The number of fused-ring (bicyclic) bond motifs is 4. The summed E-state index contributed by atoms with van der Waals surface area (Å²) >= 11 is 9.67. The Hall–Kier alpha value is -4.28. The summed E-state index contributed by atoms with van der Waals surface area (Å²) in [6.07, 6.45) is -1.31. The predicted octanol–water partition coefficient (Wildman–Crippen LogP) is 12.7. The first kappa shape index (κ1) is 41.4. The van der Waals surface area contributed by atoms with Crippen molar-refractivity contribution >= 4 is 124 Å². The number of nitrogens with zero attached hydrogens (tertiary/aromatic N) is 4.